The number of nitrogens with one attached hydrogen (secondary N) is 1. The van der Waals surface area contributed by atoms with E-state index >= 15 is 0 Å². The molecule has 13 nitrogen and oxygen atoms in total. The summed E-state index contributed by atoms with van der Waals surface area (Å²) in [5.74, 6) is 12.0. The number of hydrogen-bond acceptors (Lipinski definition) is 12. The van der Waals surface area contributed by atoms with E-state index in [0.717, 1.165) is 136 Å². The van der Waals surface area contributed by atoms with E-state index in [1.54, 1.807) is 5.57 Å². The third-order valence-corrected chi connectivity index (χ3v) is 43.2. The third-order valence-electron chi connectivity index (χ3n) is 41.9. The number of benzene rings is 1. The van der Waals surface area contributed by atoms with Crippen LogP contribution in [0.2, 0.25) is 0 Å². The fourth-order valence-corrected chi connectivity index (χ4v) is 37.6. The number of ether oxygens (including phenoxy) is 3. The minimum absolute atomic E-state index is 0.0643. The van der Waals surface area contributed by atoms with Crippen LogP contribution >= 0.6 is 0 Å². The van der Waals surface area contributed by atoms with Gasteiger partial charge in [0.05, 0.1) is 47.0 Å². The Kier molecular flexibility index (Phi) is 18.6. The summed E-state index contributed by atoms with van der Waals surface area (Å²) in [6.07, 6.45) is 40.8. The van der Waals surface area contributed by atoms with Crippen LogP contribution in [0.5, 0.6) is 0 Å². The molecule has 6 saturated heterocycles. The summed E-state index contributed by atoms with van der Waals surface area (Å²) in [6.45, 7) is 37.3. The Bertz CT molecular complexity index is 4160. The molecule has 0 radical (unpaired) electrons. The molecule has 21 aliphatic rings. The Balaban J connectivity index is 0.000000112. The number of aliphatic hydroxyl groups excluding tert-OH is 1. The maximum Gasteiger partial charge on any atom is 0.211 e. The summed E-state index contributed by atoms with van der Waals surface area (Å²) in [7, 11) is 3.44. The first-order valence-electron chi connectivity index (χ1n) is 47.3. The van der Waals surface area contributed by atoms with Crippen molar-refractivity contribution in [1.29, 1.82) is 0 Å². The van der Waals surface area contributed by atoms with Gasteiger partial charge in [-0.05, 0) is 309 Å². The molecule has 18 fully saturated rings. The van der Waals surface area contributed by atoms with E-state index in [4.69, 9.17) is 14.2 Å². The molecule has 14 heteroatoms. The van der Waals surface area contributed by atoms with Crippen LogP contribution in [-0.4, -0.2) is 177 Å². The monoisotopic (exact) mass is 1570 g/mol. The van der Waals surface area contributed by atoms with Crippen molar-refractivity contribution in [3.05, 3.63) is 70.8 Å². The number of nitrogens with zero attached hydrogens (tertiary/aromatic N) is 4. The number of carbonyl (C=O) groups excluding carboxylic acids is 2. The highest BCUT2D eigenvalue weighted by Gasteiger charge is 2.88. The largest absolute Gasteiger partial charge is 0.393 e. The van der Waals surface area contributed by atoms with Gasteiger partial charge in [-0.3, -0.25) is 19.4 Å². The lowest BCUT2D eigenvalue weighted by molar-refractivity contribution is -0.148. The van der Waals surface area contributed by atoms with E-state index in [1.807, 2.05) is 36.4 Å². The highest BCUT2D eigenvalue weighted by molar-refractivity contribution is 7.89. The molecule has 0 aromatic heterocycles. The van der Waals surface area contributed by atoms with Gasteiger partial charge in [0.1, 0.15) is 0 Å². The standard InChI is InChI=1S/C38H54N2O4S.C32H50N2O2.C29H45NO2/c1-25-20-33-34(40(23-25)18-17-39-45(42,43)19-14-27-8-6-5-7-9-27)26(2)38(44-33)16-13-31-30-11-10-28-21-29(41)12-15-35(28,3)32(30)22-37(31)24-36(37,38)4;1-20-15-27-28(34(18-20)14-13-33(5)6)21(2)32(36-27)12-10-25-24-8-7-22-16-23(35)9-11-29(22,3)26(24)17-31(25)19-30(31,32)4;1-17-12-24-25(30(5)15-17)18(2)29(32-24)11-9-22-21-7-6-19-13-20(31)8-10-26(19,3)23(21)14-28(22)16-27(28,29)4/h5-9,21,25-26,30-34,39H,10-20,22-24H2,1-4H3;16,20-21,24-28H,7-15,17-19H2,1-6H3;6,17-18,20-25,31H,7-16H2,1-5H3/t25-,26+,30-,31-,32-,33+,34-,35-,36?,37?,38+;20-,21+,24-,25-,26-,27+,28-,29-,30?,31?,32+;17-,18+,20-,21-,22-,23-,24+,25-,26-,27?,28?,29+/m000/s1. The summed E-state index contributed by atoms with van der Waals surface area (Å²) in [4.78, 5) is 35.1. The van der Waals surface area contributed by atoms with Gasteiger partial charge in [0.25, 0.3) is 0 Å². The van der Waals surface area contributed by atoms with Crippen LogP contribution in [0.3, 0.4) is 0 Å². The normalized spacial score (nSPS) is 54.3. The third kappa shape index (κ3) is 11.0. The summed E-state index contributed by atoms with van der Waals surface area (Å²) in [6, 6.07) is 11.4. The quantitative estimate of drug-likeness (QED) is 0.215. The van der Waals surface area contributed by atoms with Gasteiger partial charge in [-0.25, -0.2) is 13.1 Å². The lowest BCUT2D eigenvalue weighted by Gasteiger charge is -2.50. The molecule has 2 N–H and O–H groups in total. The van der Waals surface area contributed by atoms with Crippen LogP contribution in [0.4, 0.5) is 0 Å². The Morgan fingerprint density at radius 2 is 0.965 bits per heavy atom. The molecule has 22 rings (SSSR count). The van der Waals surface area contributed by atoms with E-state index in [1.165, 1.54) is 153 Å². The number of likely N-dealkylation sites (tertiary alicyclic amines) is 3. The van der Waals surface area contributed by atoms with Crippen molar-refractivity contribution in [3.8, 4) is 0 Å². The molecule has 113 heavy (non-hydrogen) atoms. The first-order chi connectivity index (χ1) is 53.6. The SMILES string of the molecule is C[C@H]1C[C@H]2O[C@]3(CC[C@H]4[C@@H]5CC=C6C[C@@H](O)CC[C@]6(C)[C@H]5CC45CC53C)[C@H](C)[C@@H]2N(C)C1.C[C@H]1C[C@H]2O[C@]3(CC[C@H]4[C@@H]5CCC6=CC(=O)CC[C@]6(C)[C@H]5CC45CC53C)[C@H](C)[C@@H]2N(CCN(C)C)C1.C[C@H]1C[C@H]2O[C@]3(CC[C@H]4[C@@H]5CCC6=CC(=O)CC[C@]6(C)[C@H]5CC45CC53C)[C@H](C)[C@@H]2N(CCNS(=O)(=O)CCc2ccccc2)C1. The number of fused-ring (bicyclic) bond motifs is 18. The zero-order valence-electron chi connectivity index (χ0n) is 72.8. The van der Waals surface area contributed by atoms with Crippen LogP contribution in [0.15, 0.2) is 65.3 Å². The van der Waals surface area contributed by atoms with Crippen molar-refractivity contribution in [2.24, 2.45) is 138 Å². The highest BCUT2D eigenvalue weighted by Crippen LogP contribution is 2.91. The van der Waals surface area contributed by atoms with Gasteiger partial charge in [-0.1, -0.05) is 136 Å². The maximum atomic E-state index is 12.9. The van der Waals surface area contributed by atoms with E-state index in [2.05, 4.69) is 141 Å². The number of sulfonamides is 1. The molecular formula is C99H149N5O8S. The number of aryl methyl sites for hydroxylation is 1. The van der Waals surface area contributed by atoms with Crippen molar-refractivity contribution in [2.75, 3.05) is 72.7 Å². The summed E-state index contributed by atoms with van der Waals surface area (Å²) in [5.41, 5.74) is 8.83. The van der Waals surface area contributed by atoms with Gasteiger partial charge in [0.2, 0.25) is 10.0 Å². The summed E-state index contributed by atoms with van der Waals surface area (Å²) in [5, 5.41) is 10.4. The predicted octanol–water partition coefficient (Wildman–Crippen LogP) is 17.2. The Labute approximate surface area is 682 Å². The Hall–Kier alpha value is -2.63. The minimum Gasteiger partial charge on any atom is -0.393 e. The average Bonchev–Trinajstić information content (AvgIpc) is 1.47. The van der Waals surface area contributed by atoms with Crippen LogP contribution < -0.4 is 4.72 Å². The first-order valence-corrected chi connectivity index (χ1v) is 49.0. The lowest BCUT2D eigenvalue weighted by Crippen LogP contribution is -2.55. The first kappa shape index (κ1) is 78.9. The number of likely N-dealkylation sites (N-methyl/N-ethyl adjacent to an activating group) is 2. The predicted molar refractivity (Wildman–Crippen MR) is 448 cm³/mol. The zero-order valence-corrected chi connectivity index (χ0v) is 73.6. The van der Waals surface area contributed by atoms with Crippen LogP contribution in [0.1, 0.15) is 262 Å². The summed E-state index contributed by atoms with van der Waals surface area (Å²) >= 11 is 0. The number of ketones is 2. The average molecular weight is 1570 g/mol. The number of allylic oxidation sites excluding steroid dienone is 5. The van der Waals surface area contributed by atoms with Crippen molar-refractivity contribution < 1.29 is 37.3 Å². The van der Waals surface area contributed by atoms with E-state index in [-0.39, 0.29) is 51.0 Å². The molecule has 1 aromatic carbocycles. The smallest absolute Gasteiger partial charge is 0.211 e. The van der Waals surface area contributed by atoms with Crippen LogP contribution in [-0.2, 0) is 40.2 Å². The van der Waals surface area contributed by atoms with Crippen LogP contribution in [0.25, 0.3) is 0 Å². The van der Waals surface area contributed by atoms with E-state index in [9.17, 15) is 23.1 Å². The fourth-order valence-electron chi connectivity index (χ4n) is 36.6. The van der Waals surface area contributed by atoms with Gasteiger partial charge in [-0.15, -0.1) is 0 Å². The van der Waals surface area contributed by atoms with Gasteiger partial charge in [-0.2, -0.15) is 0 Å². The van der Waals surface area contributed by atoms with E-state index in [0.29, 0.717) is 117 Å². The molecule has 1 aromatic rings. The zero-order chi connectivity index (χ0) is 78.9. The van der Waals surface area contributed by atoms with E-state index < -0.39 is 10.0 Å². The molecule has 34 atom stereocenters. The van der Waals surface area contributed by atoms with Gasteiger partial charge < -0.3 is 29.1 Å². The maximum absolute atomic E-state index is 12.9. The number of carbonyl (C=O) groups is 2. The highest BCUT2D eigenvalue weighted by atomic mass is 32.2. The van der Waals surface area contributed by atoms with Gasteiger partial charge in [0.15, 0.2) is 11.6 Å². The number of hydrogen-bond donors (Lipinski definition) is 2. The van der Waals surface area contributed by atoms with Crippen molar-refractivity contribution in [1.82, 2.24) is 24.3 Å². The lowest BCUT2D eigenvalue weighted by atomic mass is 9.56. The second-order valence-corrected chi connectivity index (χ2v) is 48.4. The van der Waals surface area contributed by atoms with Gasteiger partial charge in [0, 0.05) is 111 Å². The molecule has 6 spiro atoms. The second kappa shape index (κ2) is 26.7. The topological polar surface area (TPSA) is 141 Å². The molecule has 12 saturated carbocycles. The van der Waals surface area contributed by atoms with Crippen LogP contribution in [0, 0.1) is 138 Å². The molecule has 6 aliphatic heterocycles. The van der Waals surface area contributed by atoms with Crippen molar-refractivity contribution >= 4 is 21.6 Å². The summed E-state index contributed by atoms with van der Waals surface area (Å²) < 4.78 is 51.0. The molecule has 0 bridgehead atoms. The molecule has 6 unspecified atom stereocenters. The molecular weight excluding hydrogens is 1420 g/mol. The van der Waals surface area contributed by atoms with Crippen molar-refractivity contribution in [3.63, 3.8) is 0 Å². The Morgan fingerprint density at radius 1 is 0.522 bits per heavy atom. The number of piperidine rings is 3. The Morgan fingerprint density at radius 3 is 1.46 bits per heavy atom. The molecule has 6 heterocycles. The molecule has 624 valence electrons. The molecule has 15 aliphatic carbocycles. The van der Waals surface area contributed by atoms with Gasteiger partial charge >= 0.3 is 0 Å². The van der Waals surface area contributed by atoms with Crippen molar-refractivity contribution in [2.45, 2.75) is 322 Å². The number of aliphatic hydroxyl groups is 1. The number of rotatable bonds is 10. The molecule has 0 amide bonds. The second-order valence-electron chi connectivity index (χ2n) is 46.5. The fraction of sp³-hybridized carbons (Fsp3) is 0.859. The minimum atomic E-state index is -3.34.